The van der Waals surface area contributed by atoms with Gasteiger partial charge in [0.25, 0.3) is 0 Å². The van der Waals surface area contributed by atoms with E-state index >= 15 is 0 Å². The SMILES string of the molecule is C[C@]12CC=C3C=C4C[C@@H](O)[C@@H](N5CC[C@@H](N)C5)C[C@]45CCC3(O5)[C@@H]1CC[C@@H]2c1ccc2ccncc2c1. The Hall–Kier alpha value is -2.05. The molecule has 2 saturated heterocycles. The van der Waals surface area contributed by atoms with Crippen LogP contribution in [0, 0.1) is 11.3 Å². The number of aromatic nitrogens is 1. The van der Waals surface area contributed by atoms with Gasteiger partial charge in [-0.3, -0.25) is 9.88 Å². The van der Waals surface area contributed by atoms with Crippen LogP contribution in [0.2, 0.25) is 0 Å². The second-order valence-corrected chi connectivity index (χ2v) is 13.3. The first-order valence-corrected chi connectivity index (χ1v) is 14.5. The molecule has 5 heteroatoms. The molecule has 8 rings (SSSR count). The van der Waals surface area contributed by atoms with Crippen molar-refractivity contribution >= 4 is 10.8 Å². The zero-order valence-corrected chi connectivity index (χ0v) is 21.9. The molecular weight excluding hydrogens is 458 g/mol. The average Bonchev–Trinajstić information content (AvgIpc) is 3.58. The van der Waals surface area contributed by atoms with Crippen LogP contribution in [-0.2, 0) is 4.74 Å². The van der Waals surface area contributed by atoms with E-state index in [1.54, 1.807) is 0 Å². The number of aliphatic hydroxyl groups excluding tert-OH is 1. The minimum Gasteiger partial charge on any atom is -0.391 e. The fourth-order valence-electron chi connectivity index (χ4n) is 9.71. The number of pyridine rings is 1. The zero-order valence-electron chi connectivity index (χ0n) is 21.9. The Labute approximate surface area is 219 Å². The van der Waals surface area contributed by atoms with Gasteiger partial charge in [0.1, 0.15) is 0 Å². The molecule has 4 fully saturated rings. The second kappa shape index (κ2) is 7.75. The lowest BCUT2D eigenvalue weighted by Crippen LogP contribution is -2.58. The van der Waals surface area contributed by atoms with Crippen LogP contribution < -0.4 is 5.73 Å². The summed E-state index contributed by atoms with van der Waals surface area (Å²) in [5.41, 5.74) is 10.3. The van der Waals surface area contributed by atoms with E-state index in [2.05, 4.69) is 53.2 Å². The lowest BCUT2D eigenvalue weighted by molar-refractivity contribution is -0.150. The van der Waals surface area contributed by atoms with Crippen molar-refractivity contribution in [3.63, 3.8) is 0 Å². The summed E-state index contributed by atoms with van der Waals surface area (Å²) in [5, 5.41) is 13.7. The van der Waals surface area contributed by atoms with Gasteiger partial charge in [-0.15, -0.1) is 0 Å². The maximum absolute atomic E-state index is 11.2. The van der Waals surface area contributed by atoms with Crippen molar-refractivity contribution in [1.29, 1.82) is 0 Å². The monoisotopic (exact) mass is 497 g/mol. The van der Waals surface area contributed by atoms with Crippen LogP contribution in [0.15, 0.2) is 60.0 Å². The van der Waals surface area contributed by atoms with E-state index in [4.69, 9.17) is 10.5 Å². The molecule has 2 bridgehead atoms. The molecule has 5 nitrogen and oxygen atoms in total. The van der Waals surface area contributed by atoms with E-state index in [9.17, 15) is 5.11 Å². The topological polar surface area (TPSA) is 71.6 Å². The quantitative estimate of drug-likeness (QED) is 0.621. The third-order valence-corrected chi connectivity index (χ3v) is 11.5. The molecular formula is C32H39N3O2. The Balaban J connectivity index is 1.14. The Kier molecular flexibility index (Phi) is 4.80. The van der Waals surface area contributed by atoms with Gasteiger partial charge in [-0.2, -0.15) is 0 Å². The highest BCUT2D eigenvalue weighted by molar-refractivity contribution is 5.82. The van der Waals surface area contributed by atoms with Crippen LogP contribution >= 0.6 is 0 Å². The third-order valence-electron chi connectivity index (χ3n) is 11.5. The van der Waals surface area contributed by atoms with E-state index in [-0.39, 0.29) is 34.8 Å². The van der Waals surface area contributed by atoms with Gasteiger partial charge in [-0.05, 0) is 103 Å². The molecule has 3 N–H and O–H groups in total. The lowest BCUT2D eigenvalue weighted by Gasteiger charge is -2.55. The molecule has 1 aromatic carbocycles. The molecule has 2 spiro atoms. The number of likely N-dealkylation sites (tertiary alicyclic amines) is 1. The summed E-state index contributed by atoms with van der Waals surface area (Å²) < 4.78 is 7.46. The number of allylic oxidation sites excluding steroid dienone is 1. The molecule has 1 aromatic heterocycles. The number of nitrogens with two attached hydrogens (primary N) is 1. The van der Waals surface area contributed by atoms with Crippen molar-refractivity contribution < 1.29 is 9.84 Å². The molecule has 2 saturated carbocycles. The van der Waals surface area contributed by atoms with Crippen LogP contribution in [-0.4, -0.2) is 57.5 Å². The van der Waals surface area contributed by atoms with Gasteiger partial charge >= 0.3 is 0 Å². The van der Waals surface area contributed by atoms with Gasteiger partial charge in [0.2, 0.25) is 0 Å². The smallest absolute Gasteiger partial charge is 0.0974 e. The van der Waals surface area contributed by atoms with Crippen molar-refractivity contribution in [2.75, 3.05) is 13.1 Å². The van der Waals surface area contributed by atoms with Crippen molar-refractivity contribution in [2.45, 2.75) is 93.6 Å². The molecule has 0 radical (unpaired) electrons. The maximum Gasteiger partial charge on any atom is 0.0974 e. The number of hydrogen-bond donors (Lipinski definition) is 2. The Morgan fingerprint density at radius 3 is 2.92 bits per heavy atom. The highest BCUT2D eigenvalue weighted by atomic mass is 16.5. The second-order valence-electron chi connectivity index (χ2n) is 13.3. The van der Waals surface area contributed by atoms with Gasteiger partial charge in [0.15, 0.2) is 0 Å². The highest BCUT2D eigenvalue weighted by Crippen LogP contribution is 2.69. The number of hydrogen-bond acceptors (Lipinski definition) is 5. The summed E-state index contributed by atoms with van der Waals surface area (Å²) in [7, 11) is 0. The van der Waals surface area contributed by atoms with Crippen LogP contribution in [0.3, 0.4) is 0 Å². The van der Waals surface area contributed by atoms with Crippen molar-refractivity contribution in [2.24, 2.45) is 17.1 Å². The molecule has 194 valence electrons. The van der Waals surface area contributed by atoms with Crippen LogP contribution in [0.4, 0.5) is 0 Å². The van der Waals surface area contributed by atoms with E-state index in [1.807, 2.05) is 12.4 Å². The van der Waals surface area contributed by atoms with Crippen molar-refractivity contribution in [3.8, 4) is 0 Å². The van der Waals surface area contributed by atoms with E-state index < -0.39 is 0 Å². The first kappa shape index (κ1) is 22.9. The molecule has 0 amide bonds. The van der Waals surface area contributed by atoms with E-state index in [0.717, 1.165) is 51.6 Å². The molecule has 37 heavy (non-hydrogen) atoms. The number of fused-ring (bicyclic) bond motifs is 2. The summed E-state index contributed by atoms with van der Waals surface area (Å²) >= 11 is 0. The fraction of sp³-hybridized carbons (Fsp3) is 0.594. The highest BCUT2D eigenvalue weighted by Gasteiger charge is 2.67. The molecule has 6 aliphatic rings. The lowest BCUT2D eigenvalue weighted by atomic mass is 9.58. The zero-order chi connectivity index (χ0) is 25.0. The van der Waals surface area contributed by atoms with Crippen LogP contribution in [0.1, 0.15) is 69.8 Å². The molecule has 4 heterocycles. The van der Waals surface area contributed by atoms with Crippen molar-refractivity contribution in [3.05, 3.63) is 65.5 Å². The average molecular weight is 498 g/mol. The Morgan fingerprint density at radius 2 is 2.05 bits per heavy atom. The molecule has 2 aromatic rings. The van der Waals surface area contributed by atoms with Gasteiger partial charge in [0, 0.05) is 43.0 Å². The van der Waals surface area contributed by atoms with Crippen molar-refractivity contribution in [1.82, 2.24) is 9.88 Å². The molecule has 3 aliphatic carbocycles. The van der Waals surface area contributed by atoms with Crippen LogP contribution in [0.25, 0.3) is 10.8 Å². The third kappa shape index (κ3) is 3.09. The summed E-state index contributed by atoms with van der Waals surface area (Å²) in [6.45, 7) is 4.44. The molecule has 3 aliphatic heterocycles. The number of rotatable bonds is 2. The van der Waals surface area contributed by atoms with E-state index in [0.29, 0.717) is 11.8 Å². The first-order valence-electron chi connectivity index (χ1n) is 14.5. The van der Waals surface area contributed by atoms with Gasteiger partial charge in [0.05, 0.1) is 17.3 Å². The fourth-order valence-corrected chi connectivity index (χ4v) is 9.71. The van der Waals surface area contributed by atoms with Gasteiger partial charge in [-0.1, -0.05) is 31.2 Å². The maximum atomic E-state index is 11.2. The summed E-state index contributed by atoms with van der Waals surface area (Å²) in [6.07, 6.45) is 16.9. The van der Waals surface area contributed by atoms with Gasteiger partial charge < -0.3 is 15.6 Å². The van der Waals surface area contributed by atoms with Gasteiger partial charge in [-0.25, -0.2) is 0 Å². The predicted molar refractivity (Wildman–Crippen MR) is 145 cm³/mol. The number of nitrogens with zero attached hydrogens (tertiary/aromatic N) is 2. The van der Waals surface area contributed by atoms with E-state index in [1.165, 1.54) is 40.3 Å². The molecule has 1 unspecified atom stereocenters. The predicted octanol–water partition coefficient (Wildman–Crippen LogP) is 4.85. The first-order chi connectivity index (χ1) is 17.9. The Morgan fingerprint density at radius 1 is 1.14 bits per heavy atom. The summed E-state index contributed by atoms with van der Waals surface area (Å²) in [6, 6.07) is 9.53. The minimum absolute atomic E-state index is 0.156. The largest absolute Gasteiger partial charge is 0.391 e. The summed E-state index contributed by atoms with van der Waals surface area (Å²) in [4.78, 5) is 6.83. The van der Waals surface area contributed by atoms with Crippen LogP contribution in [0.5, 0.6) is 0 Å². The minimum atomic E-state index is -0.327. The summed E-state index contributed by atoms with van der Waals surface area (Å²) in [5.74, 6) is 1.06. The number of aliphatic hydroxyl groups is 1. The number of ether oxygens (including phenoxy) is 1. The standard InChI is InChI=1S/C32H39N3O2/c1-30-9-6-23-15-24-16-28(36)27(35-13-8-25(33)19-35)17-31(24)10-11-32(23,37-31)29(30)5-4-26(30)21-3-2-20-7-12-34-18-22(20)14-21/h2-3,6-7,12,14-15,18,25-29,36H,4-5,8-11,13,16-17,19,33H2,1H3/t25-,26-,27+,28-,29-,30-,31-,32?/m1/s1. The Bertz CT molecular complexity index is 1340. The normalized spacial score (nSPS) is 44.8. The number of benzene rings is 1. The molecule has 8 atom stereocenters.